The van der Waals surface area contributed by atoms with Gasteiger partial charge in [0.05, 0.1) is 5.69 Å². The smallest absolute Gasteiger partial charge is 0.271 e. The minimum Gasteiger partial charge on any atom is -0.347 e. The standard InChI is InChI=1S/C21H26F2N4O2S/c1-6-13-17(18(28)24-14-7-8-21(14,4)5)26-20(30-13)27(19(29)11(2)3)12-9-15(22)25-16(23)10-12/h9-11,14H,6-8H2,1-5H3,(H,24,28). The molecule has 9 heteroatoms. The summed E-state index contributed by atoms with van der Waals surface area (Å²) in [6, 6.07) is 2.02. The SMILES string of the molecule is CCc1sc(N(C(=O)C(C)C)c2cc(F)nc(F)c2)nc1C(=O)NC1CCC1(C)C. The minimum absolute atomic E-state index is 0.0119. The van der Waals surface area contributed by atoms with Crippen LogP contribution < -0.4 is 10.2 Å². The van der Waals surface area contributed by atoms with E-state index in [4.69, 9.17) is 0 Å². The molecule has 2 heterocycles. The Bertz CT molecular complexity index is 954. The van der Waals surface area contributed by atoms with Gasteiger partial charge < -0.3 is 5.32 Å². The van der Waals surface area contributed by atoms with Crippen LogP contribution in [-0.2, 0) is 11.2 Å². The number of hydrogen-bond donors (Lipinski definition) is 1. The zero-order valence-corrected chi connectivity index (χ0v) is 18.6. The second-order valence-corrected chi connectivity index (χ2v) is 9.54. The van der Waals surface area contributed by atoms with E-state index in [0.717, 1.165) is 29.9 Å². The maximum absolute atomic E-state index is 13.7. The third-order valence-electron chi connectivity index (χ3n) is 5.46. The molecule has 1 unspecified atom stereocenters. The number of rotatable bonds is 6. The van der Waals surface area contributed by atoms with E-state index in [1.807, 2.05) is 6.92 Å². The highest BCUT2D eigenvalue weighted by Crippen LogP contribution is 2.40. The third kappa shape index (κ3) is 4.35. The molecular weight excluding hydrogens is 410 g/mol. The van der Waals surface area contributed by atoms with Crippen molar-refractivity contribution in [3.05, 3.63) is 34.6 Å². The lowest BCUT2D eigenvalue weighted by molar-refractivity contribution is -0.120. The Morgan fingerprint density at radius 3 is 2.37 bits per heavy atom. The molecule has 0 spiro atoms. The quantitative estimate of drug-likeness (QED) is 0.671. The molecule has 0 bridgehead atoms. The normalized spacial score (nSPS) is 17.5. The molecule has 1 saturated carbocycles. The monoisotopic (exact) mass is 436 g/mol. The summed E-state index contributed by atoms with van der Waals surface area (Å²) in [6.45, 7) is 9.46. The number of pyridine rings is 1. The van der Waals surface area contributed by atoms with Crippen LogP contribution in [0.4, 0.5) is 19.6 Å². The van der Waals surface area contributed by atoms with E-state index in [0.29, 0.717) is 11.3 Å². The molecule has 1 fully saturated rings. The number of hydrogen-bond acceptors (Lipinski definition) is 5. The number of aryl methyl sites for hydroxylation is 1. The molecule has 1 atom stereocenters. The van der Waals surface area contributed by atoms with Crippen LogP contribution in [0.3, 0.4) is 0 Å². The molecule has 0 aliphatic heterocycles. The van der Waals surface area contributed by atoms with Gasteiger partial charge >= 0.3 is 0 Å². The molecule has 2 aromatic rings. The number of nitrogens with zero attached hydrogens (tertiary/aromatic N) is 3. The van der Waals surface area contributed by atoms with Crippen molar-refractivity contribution in [2.24, 2.45) is 11.3 Å². The van der Waals surface area contributed by atoms with Crippen molar-refractivity contribution in [3.8, 4) is 0 Å². The predicted octanol–water partition coefficient (Wildman–Crippen LogP) is 4.62. The average molecular weight is 437 g/mol. The van der Waals surface area contributed by atoms with Crippen LogP contribution in [0.15, 0.2) is 12.1 Å². The summed E-state index contributed by atoms with van der Waals surface area (Å²) in [6.07, 6.45) is 2.48. The van der Waals surface area contributed by atoms with Crippen molar-refractivity contribution in [2.75, 3.05) is 4.90 Å². The lowest BCUT2D eigenvalue weighted by atomic mass is 9.67. The van der Waals surface area contributed by atoms with Crippen molar-refractivity contribution < 1.29 is 18.4 Å². The van der Waals surface area contributed by atoms with E-state index in [2.05, 4.69) is 29.1 Å². The van der Waals surface area contributed by atoms with Crippen molar-refractivity contribution in [3.63, 3.8) is 0 Å². The molecule has 2 amide bonds. The van der Waals surface area contributed by atoms with Crippen LogP contribution in [-0.4, -0.2) is 27.8 Å². The maximum Gasteiger partial charge on any atom is 0.271 e. The van der Waals surface area contributed by atoms with Gasteiger partial charge in [-0.1, -0.05) is 34.6 Å². The fraction of sp³-hybridized carbons (Fsp3) is 0.524. The van der Waals surface area contributed by atoms with Crippen LogP contribution in [0, 0.1) is 23.2 Å². The van der Waals surface area contributed by atoms with E-state index >= 15 is 0 Å². The zero-order chi connectivity index (χ0) is 22.2. The summed E-state index contributed by atoms with van der Waals surface area (Å²) in [5, 5.41) is 3.23. The Hall–Kier alpha value is -2.42. The lowest BCUT2D eigenvalue weighted by Gasteiger charge is -2.44. The van der Waals surface area contributed by atoms with Crippen LogP contribution in [0.2, 0.25) is 0 Å². The first-order valence-corrected chi connectivity index (χ1v) is 10.8. The first-order chi connectivity index (χ1) is 14.0. The summed E-state index contributed by atoms with van der Waals surface area (Å²) in [7, 11) is 0. The van der Waals surface area contributed by atoms with Crippen molar-refractivity contribution >= 4 is 34.0 Å². The predicted molar refractivity (Wildman–Crippen MR) is 112 cm³/mol. The number of aromatic nitrogens is 2. The van der Waals surface area contributed by atoms with Crippen LogP contribution in [0.5, 0.6) is 0 Å². The molecule has 1 aliphatic carbocycles. The first kappa shape index (κ1) is 22.3. The summed E-state index contributed by atoms with van der Waals surface area (Å²) in [5.41, 5.74) is 0.269. The van der Waals surface area contributed by atoms with E-state index in [1.165, 1.54) is 11.3 Å². The molecule has 0 radical (unpaired) electrons. The van der Waals surface area contributed by atoms with Gasteiger partial charge in [-0.3, -0.25) is 14.5 Å². The van der Waals surface area contributed by atoms with E-state index in [9.17, 15) is 18.4 Å². The molecule has 6 nitrogen and oxygen atoms in total. The summed E-state index contributed by atoms with van der Waals surface area (Å²) in [5.74, 6) is -3.21. The minimum atomic E-state index is -1.04. The molecule has 3 rings (SSSR count). The van der Waals surface area contributed by atoms with Gasteiger partial charge in [0.1, 0.15) is 5.69 Å². The highest BCUT2D eigenvalue weighted by molar-refractivity contribution is 7.16. The van der Waals surface area contributed by atoms with E-state index < -0.39 is 17.8 Å². The van der Waals surface area contributed by atoms with Crippen molar-refractivity contribution in [1.29, 1.82) is 0 Å². The first-order valence-electron chi connectivity index (χ1n) is 10.0. The topological polar surface area (TPSA) is 75.2 Å². The zero-order valence-electron chi connectivity index (χ0n) is 17.8. The Labute approximate surface area is 178 Å². The third-order valence-corrected chi connectivity index (χ3v) is 6.64. The van der Waals surface area contributed by atoms with Crippen molar-refractivity contribution in [2.45, 2.75) is 59.9 Å². The van der Waals surface area contributed by atoms with Gasteiger partial charge in [-0.25, -0.2) is 4.98 Å². The highest BCUT2D eigenvalue weighted by Gasteiger charge is 2.40. The van der Waals surface area contributed by atoms with Gasteiger partial charge in [0.15, 0.2) is 5.13 Å². The van der Waals surface area contributed by atoms with E-state index in [1.54, 1.807) is 13.8 Å². The Morgan fingerprint density at radius 1 is 1.27 bits per heavy atom. The Kier molecular flexibility index (Phi) is 6.21. The maximum atomic E-state index is 13.7. The molecule has 30 heavy (non-hydrogen) atoms. The van der Waals surface area contributed by atoms with E-state index in [-0.39, 0.29) is 39.8 Å². The van der Waals surface area contributed by atoms with Gasteiger partial charge in [-0.2, -0.15) is 13.8 Å². The van der Waals surface area contributed by atoms with Crippen LogP contribution in [0.25, 0.3) is 0 Å². The number of anilines is 2. The largest absolute Gasteiger partial charge is 0.347 e. The van der Waals surface area contributed by atoms with Gasteiger partial charge in [0, 0.05) is 29.0 Å². The fourth-order valence-corrected chi connectivity index (χ4v) is 4.41. The summed E-state index contributed by atoms with van der Waals surface area (Å²) < 4.78 is 27.5. The number of halogens is 2. The van der Waals surface area contributed by atoms with Gasteiger partial charge in [-0.15, -0.1) is 11.3 Å². The average Bonchev–Trinajstić information content (AvgIpc) is 3.08. The number of carbonyl (C=O) groups excluding carboxylic acids is 2. The molecule has 1 N–H and O–H groups in total. The second-order valence-electron chi connectivity index (χ2n) is 8.47. The lowest BCUT2D eigenvalue weighted by Crippen LogP contribution is -2.52. The molecule has 0 saturated heterocycles. The molecule has 1 aliphatic rings. The number of nitrogens with one attached hydrogen (secondary N) is 1. The number of amides is 2. The molecule has 162 valence electrons. The Balaban J connectivity index is 2.00. The fourth-order valence-electron chi connectivity index (χ4n) is 3.38. The van der Waals surface area contributed by atoms with Gasteiger partial charge in [-0.05, 0) is 24.7 Å². The number of carbonyl (C=O) groups is 2. The molecular formula is C21H26F2N4O2S. The highest BCUT2D eigenvalue weighted by atomic mass is 32.1. The van der Waals surface area contributed by atoms with Crippen molar-refractivity contribution in [1.82, 2.24) is 15.3 Å². The molecule has 2 aromatic heterocycles. The second kappa shape index (κ2) is 8.37. The van der Waals surface area contributed by atoms with Gasteiger partial charge in [0.25, 0.3) is 5.91 Å². The van der Waals surface area contributed by atoms with Crippen LogP contribution in [0.1, 0.15) is 62.8 Å². The summed E-state index contributed by atoms with van der Waals surface area (Å²) in [4.78, 5) is 35.2. The summed E-state index contributed by atoms with van der Waals surface area (Å²) >= 11 is 1.17. The van der Waals surface area contributed by atoms with Gasteiger partial charge in [0.2, 0.25) is 17.8 Å². The number of thiazole rings is 1. The van der Waals surface area contributed by atoms with Crippen LogP contribution >= 0.6 is 11.3 Å². The molecule has 0 aromatic carbocycles. The Morgan fingerprint density at radius 2 is 1.90 bits per heavy atom.